The molecule has 0 aliphatic heterocycles. The van der Waals surface area contributed by atoms with Gasteiger partial charge < -0.3 is 10.4 Å². The minimum Gasteiger partial charge on any atom is -0.481 e. The second-order valence-corrected chi connectivity index (χ2v) is 6.75. The zero-order chi connectivity index (χ0) is 19.5. The number of nitrogens with one attached hydrogen (secondary N) is 1. The topological polar surface area (TPSA) is 84.2 Å². The molecule has 0 bridgehead atoms. The van der Waals surface area contributed by atoms with Crippen molar-refractivity contribution < 1.29 is 14.7 Å². The number of aromatic nitrogens is 2. The van der Waals surface area contributed by atoms with Gasteiger partial charge in [-0.2, -0.15) is 5.10 Å². The third-order valence-electron chi connectivity index (χ3n) is 5.29. The first-order valence-electron chi connectivity index (χ1n) is 8.81. The van der Waals surface area contributed by atoms with E-state index >= 15 is 0 Å². The maximum Gasteiger partial charge on any atom is 0.315 e. The van der Waals surface area contributed by atoms with Crippen molar-refractivity contribution in [3.05, 3.63) is 52.8 Å². The highest BCUT2D eigenvalue weighted by Gasteiger charge is 2.39. The average Bonchev–Trinajstić information content (AvgIpc) is 2.87. The van der Waals surface area contributed by atoms with Crippen LogP contribution in [0.15, 0.2) is 30.3 Å². The Balaban J connectivity index is 2.23. The van der Waals surface area contributed by atoms with Gasteiger partial charge in [-0.15, -0.1) is 0 Å². The predicted octanol–water partition coefficient (Wildman–Crippen LogP) is 2.69. The van der Waals surface area contributed by atoms with Crippen LogP contribution in [0, 0.1) is 13.8 Å². The van der Waals surface area contributed by atoms with Gasteiger partial charge in [0.05, 0.1) is 11.6 Å². The first-order chi connectivity index (χ1) is 12.2. The van der Waals surface area contributed by atoms with Crippen molar-refractivity contribution >= 4 is 11.9 Å². The van der Waals surface area contributed by atoms with Crippen molar-refractivity contribution in [2.24, 2.45) is 7.05 Å². The second kappa shape index (κ2) is 7.72. The number of carbonyl (C=O) groups is 2. The minimum absolute atomic E-state index is 0.0460. The van der Waals surface area contributed by atoms with Gasteiger partial charge in [-0.3, -0.25) is 14.3 Å². The van der Waals surface area contributed by atoms with Crippen LogP contribution in [0.1, 0.15) is 48.7 Å². The van der Waals surface area contributed by atoms with E-state index in [1.807, 2.05) is 52.9 Å². The normalized spacial score (nSPS) is 14.5. The quantitative estimate of drug-likeness (QED) is 0.798. The third-order valence-corrected chi connectivity index (χ3v) is 5.29. The molecule has 2 aromatic rings. The molecule has 2 rings (SSSR count). The van der Waals surface area contributed by atoms with E-state index in [-0.39, 0.29) is 12.5 Å². The molecule has 2 N–H and O–H groups in total. The summed E-state index contributed by atoms with van der Waals surface area (Å²) >= 11 is 0. The van der Waals surface area contributed by atoms with Crippen LogP contribution < -0.4 is 5.32 Å². The lowest BCUT2D eigenvalue weighted by Gasteiger charge is -2.29. The predicted molar refractivity (Wildman–Crippen MR) is 100 cm³/mol. The number of benzene rings is 1. The van der Waals surface area contributed by atoms with Crippen molar-refractivity contribution in [1.82, 2.24) is 15.1 Å². The van der Waals surface area contributed by atoms with Gasteiger partial charge in [-0.05, 0) is 32.8 Å². The Labute approximate surface area is 154 Å². The summed E-state index contributed by atoms with van der Waals surface area (Å²) in [5, 5.41) is 17.1. The molecule has 26 heavy (non-hydrogen) atoms. The van der Waals surface area contributed by atoms with Gasteiger partial charge in [-0.1, -0.05) is 37.3 Å². The Morgan fingerprint density at radius 2 is 1.88 bits per heavy atom. The zero-order valence-corrected chi connectivity index (χ0v) is 16.0. The molecule has 1 aromatic carbocycles. The molecule has 1 aromatic heterocycles. The summed E-state index contributed by atoms with van der Waals surface area (Å²) in [5.74, 6) is -1.53. The van der Waals surface area contributed by atoms with E-state index in [2.05, 4.69) is 10.4 Å². The van der Waals surface area contributed by atoms with E-state index in [1.165, 1.54) is 0 Å². The van der Waals surface area contributed by atoms with E-state index in [1.54, 1.807) is 16.8 Å². The molecule has 0 saturated heterocycles. The molecule has 2 atom stereocenters. The van der Waals surface area contributed by atoms with Gasteiger partial charge in [0.15, 0.2) is 0 Å². The van der Waals surface area contributed by atoms with E-state index in [9.17, 15) is 14.7 Å². The fourth-order valence-electron chi connectivity index (χ4n) is 3.48. The maximum absolute atomic E-state index is 12.7. The van der Waals surface area contributed by atoms with Crippen molar-refractivity contribution in [1.29, 1.82) is 0 Å². The van der Waals surface area contributed by atoms with E-state index in [0.717, 1.165) is 17.0 Å². The number of nitrogens with zero attached hydrogens (tertiary/aromatic N) is 2. The number of carbonyl (C=O) groups excluding carboxylic acids is 1. The summed E-state index contributed by atoms with van der Waals surface area (Å²) in [6, 6.07) is 9.07. The lowest BCUT2D eigenvalue weighted by atomic mass is 9.78. The number of hydrogen-bond donors (Lipinski definition) is 2. The summed E-state index contributed by atoms with van der Waals surface area (Å²) in [4.78, 5) is 24.8. The highest BCUT2D eigenvalue weighted by molar-refractivity contribution is 5.86. The van der Waals surface area contributed by atoms with Crippen LogP contribution in [0.5, 0.6) is 0 Å². The van der Waals surface area contributed by atoms with Gasteiger partial charge in [0.1, 0.15) is 5.41 Å². The Morgan fingerprint density at radius 1 is 1.27 bits per heavy atom. The number of amides is 1. The molecule has 6 heteroatoms. The highest BCUT2D eigenvalue weighted by atomic mass is 16.4. The second-order valence-electron chi connectivity index (χ2n) is 6.75. The first kappa shape index (κ1) is 19.7. The molecule has 140 valence electrons. The molecular formula is C20H27N3O3. The molecule has 0 radical (unpaired) electrons. The fraction of sp³-hybridized carbons (Fsp3) is 0.450. The lowest BCUT2D eigenvalue weighted by Crippen LogP contribution is -2.47. The SMILES string of the molecule is CCC(CNC(=O)C(C)c1c(C)nn(C)c1C)(C(=O)O)c1ccccc1. The number of aryl methyl sites for hydroxylation is 2. The molecular weight excluding hydrogens is 330 g/mol. The summed E-state index contributed by atoms with van der Waals surface area (Å²) < 4.78 is 1.76. The summed E-state index contributed by atoms with van der Waals surface area (Å²) in [6.07, 6.45) is 0.381. The first-order valence-corrected chi connectivity index (χ1v) is 8.81. The highest BCUT2D eigenvalue weighted by Crippen LogP contribution is 2.29. The molecule has 1 amide bonds. The molecule has 1 heterocycles. The standard InChI is InChI=1S/C20H27N3O3/c1-6-20(19(25)26,16-10-8-7-9-11-16)12-21-18(24)13(2)17-14(3)22-23(5)15(17)4/h7-11,13H,6,12H2,1-5H3,(H,21,24)(H,25,26). The monoisotopic (exact) mass is 357 g/mol. The molecule has 0 aliphatic rings. The van der Waals surface area contributed by atoms with Crippen LogP contribution in [-0.4, -0.2) is 33.3 Å². The summed E-state index contributed by atoms with van der Waals surface area (Å²) in [7, 11) is 1.85. The van der Waals surface area contributed by atoms with Crippen LogP contribution in [-0.2, 0) is 22.1 Å². The molecule has 0 saturated carbocycles. The van der Waals surface area contributed by atoms with Crippen LogP contribution in [0.2, 0.25) is 0 Å². The number of carboxylic acid groups (broad SMARTS) is 1. The number of rotatable bonds is 7. The number of aliphatic carboxylic acids is 1. The van der Waals surface area contributed by atoms with Crippen LogP contribution >= 0.6 is 0 Å². The van der Waals surface area contributed by atoms with Crippen molar-refractivity contribution in [2.45, 2.75) is 45.4 Å². The van der Waals surface area contributed by atoms with Gasteiger partial charge in [0.25, 0.3) is 0 Å². The maximum atomic E-state index is 12.7. The Kier molecular flexibility index (Phi) is 5.85. The lowest BCUT2D eigenvalue weighted by molar-refractivity contribution is -0.144. The molecule has 0 spiro atoms. The fourth-order valence-corrected chi connectivity index (χ4v) is 3.48. The summed E-state index contributed by atoms with van der Waals surface area (Å²) in [6.45, 7) is 7.50. The number of carboxylic acids is 1. The van der Waals surface area contributed by atoms with Gasteiger partial charge in [0.2, 0.25) is 5.91 Å². The van der Waals surface area contributed by atoms with Crippen LogP contribution in [0.25, 0.3) is 0 Å². The van der Waals surface area contributed by atoms with E-state index in [4.69, 9.17) is 0 Å². The minimum atomic E-state index is -1.14. The number of hydrogen-bond acceptors (Lipinski definition) is 3. The van der Waals surface area contributed by atoms with E-state index < -0.39 is 17.3 Å². The van der Waals surface area contributed by atoms with Gasteiger partial charge in [0, 0.05) is 24.8 Å². The van der Waals surface area contributed by atoms with Gasteiger partial charge in [-0.25, -0.2) is 0 Å². The van der Waals surface area contributed by atoms with Crippen molar-refractivity contribution in [2.75, 3.05) is 6.54 Å². The Bertz CT molecular complexity index is 798. The largest absolute Gasteiger partial charge is 0.481 e. The molecule has 0 aliphatic carbocycles. The Hall–Kier alpha value is -2.63. The third kappa shape index (κ3) is 3.49. The smallest absolute Gasteiger partial charge is 0.315 e. The van der Waals surface area contributed by atoms with Crippen LogP contribution in [0.4, 0.5) is 0 Å². The van der Waals surface area contributed by atoms with E-state index in [0.29, 0.717) is 12.0 Å². The Morgan fingerprint density at radius 3 is 2.35 bits per heavy atom. The van der Waals surface area contributed by atoms with Crippen molar-refractivity contribution in [3.63, 3.8) is 0 Å². The summed E-state index contributed by atoms with van der Waals surface area (Å²) in [5.41, 5.74) is 2.19. The average molecular weight is 357 g/mol. The van der Waals surface area contributed by atoms with Crippen LogP contribution in [0.3, 0.4) is 0 Å². The molecule has 0 fully saturated rings. The zero-order valence-electron chi connectivity index (χ0n) is 16.0. The molecule has 6 nitrogen and oxygen atoms in total. The van der Waals surface area contributed by atoms with Gasteiger partial charge >= 0.3 is 5.97 Å². The molecule has 2 unspecified atom stereocenters. The van der Waals surface area contributed by atoms with Crippen molar-refractivity contribution in [3.8, 4) is 0 Å².